The Balaban J connectivity index is 0.00000192. The number of carbonyl (C=O) groups is 1. The van der Waals surface area contributed by atoms with Gasteiger partial charge in [0.05, 0.1) is 0 Å². The van der Waals surface area contributed by atoms with Gasteiger partial charge in [0, 0.05) is 45.0 Å². The molecule has 1 aromatic rings. The number of carbonyl (C=O) groups excluding carboxylic acids is 1. The number of amides is 1. The summed E-state index contributed by atoms with van der Waals surface area (Å²) in [7, 11) is -3.54. The minimum Gasteiger partial charge on any atom is -0.356 e. The van der Waals surface area contributed by atoms with E-state index in [1.54, 1.807) is 4.90 Å². The molecule has 3 heterocycles. The molecule has 130 valence electrons. The Morgan fingerprint density at radius 2 is 1.96 bits per heavy atom. The van der Waals surface area contributed by atoms with Crippen molar-refractivity contribution in [3.8, 4) is 0 Å². The molecular formula is C14H23ClN4O3S. The van der Waals surface area contributed by atoms with Gasteiger partial charge in [0.1, 0.15) is 10.6 Å². The standard InChI is InChI=1S/C14H22N4O3S.ClH/c1-11-10-18(7-4-15-11)22(20,21)12-8-13(16-9-12)14(19)17-5-2-3-6-17;/h8-9,11,15-16H,2-7,10H2,1H3;1H. The first-order valence-electron chi connectivity index (χ1n) is 7.70. The number of nitrogens with zero attached hydrogens (tertiary/aromatic N) is 2. The zero-order valence-electron chi connectivity index (χ0n) is 13.1. The van der Waals surface area contributed by atoms with Crippen molar-refractivity contribution in [3.05, 3.63) is 18.0 Å². The Bertz CT molecular complexity index is 655. The van der Waals surface area contributed by atoms with Crippen molar-refractivity contribution in [3.63, 3.8) is 0 Å². The third-order valence-corrected chi connectivity index (χ3v) is 6.09. The number of hydrogen-bond acceptors (Lipinski definition) is 4. The van der Waals surface area contributed by atoms with Crippen molar-refractivity contribution in [2.75, 3.05) is 32.7 Å². The van der Waals surface area contributed by atoms with Crippen LogP contribution in [-0.4, -0.2) is 67.3 Å². The Morgan fingerprint density at radius 3 is 2.61 bits per heavy atom. The summed E-state index contributed by atoms with van der Waals surface area (Å²) in [4.78, 5) is 17.0. The van der Waals surface area contributed by atoms with Crippen LogP contribution in [0.3, 0.4) is 0 Å². The van der Waals surface area contributed by atoms with Crippen LogP contribution in [0, 0.1) is 0 Å². The van der Waals surface area contributed by atoms with E-state index in [4.69, 9.17) is 0 Å². The van der Waals surface area contributed by atoms with Crippen molar-refractivity contribution in [2.24, 2.45) is 0 Å². The predicted molar refractivity (Wildman–Crippen MR) is 89.4 cm³/mol. The summed E-state index contributed by atoms with van der Waals surface area (Å²) in [5, 5.41) is 3.22. The summed E-state index contributed by atoms with van der Waals surface area (Å²) in [5.41, 5.74) is 0.351. The van der Waals surface area contributed by atoms with Crippen LogP contribution in [0.15, 0.2) is 17.2 Å². The van der Waals surface area contributed by atoms with Crippen molar-refractivity contribution in [2.45, 2.75) is 30.7 Å². The second kappa shape index (κ2) is 7.21. The highest BCUT2D eigenvalue weighted by Gasteiger charge is 2.30. The number of H-pyrrole nitrogens is 1. The first-order valence-corrected chi connectivity index (χ1v) is 9.14. The average molecular weight is 363 g/mol. The van der Waals surface area contributed by atoms with E-state index in [0.717, 1.165) is 25.9 Å². The normalized spacial score (nSPS) is 22.8. The smallest absolute Gasteiger partial charge is 0.270 e. The van der Waals surface area contributed by atoms with Crippen LogP contribution in [0.5, 0.6) is 0 Å². The van der Waals surface area contributed by atoms with Crippen LogP contribution in [-0.2, 0) is 10.0 Å². The fourth-order valence-electron chi connectivity index (χ4n) is 3.00. The molecule has 0 aromatic carbocycles. The lowest BCUT2D eigenvalue weighted by molar-refractivity contribution is 0.0787. The number of piperazine rings is 1. The largest absolute Gasteiger partial charge is 0.356 e. The molecule has 1 unspecified atom stereocenters. The van der Waals surface area contributed by atoms with E-state index in [1.165, 1.54) is 16.6 Å². The molecule has 2 saturated heterocycles. The zero-order valence-corrected chi connectivity index (χ0v) is 14.8. The molecule has 0 saturated carbocycles. The first kappa shape index (κ1) is 18.3. The van der Waals surface area contributed by atoms with E-state index in [-0.39, 0.29) is 29.3 Å². The molecular weight excluding hydrogens is 340 g/mol. The highest BCUT2D eigenvalue weighted by atomic mass is 35.5. The lowest BCUT2D eigenvalue weighted by Gasteiger charge is -2.30. The van der Waals surface area contributed by atoms with Gasteiger partial charge < -0.3 is 15.2 Å². The van der Waals surface area contributed by atoms with Crippen LogP contribution in [0.25, 0.3) is 0 Å². The molecule has 9 heteroatoms. The maximum atomic E-state index is 12.6. The molecule has 7 nitrogen and oxygen atoms in total. The van der Waals surface area contributed by atoms with Crippen molar-refractivity contribution < 1.29 is 13.2 Å². The maximum Gasteiger partial charge on any atom is 0.270 e. The number of rotatable bonds is 3. The second-order valence-electron chi connectivity index (χ2n) is 5.97. The summed E-state index contributed by atoms with van der Waals surface area (Å²) in [5.74, 6) is -0.118. The summed E-state index contributed by atoms with van der Waals surface area (Å²) in [6.07, 6.45) is 3.44. The Labute approximate surface area is 142 Å². The summed E-state index contributed by atoms with van der Waals surface area (Å²) >= 11 is 0. The molecule has 2 N–H and O–H groups in total. The molecule has 0 radical (unpaired) electrons. The fourth-order valence-corrected chi connectivity index (χ4v) is 4.53. The van der Waals surface area contributed by atoms with Crippen LogP contribution >= 0.6 is 12.4 Å². The van der Waals surface area contributed by atoms with Crippen LogP contribution in [0.4, 0.5) is 0 Å². The minimum absolute atomic E-state index is 0. The Kier molecular flexibility index (Phi) is 5.72. The van der Waals surface area contributed by atoms with Gasteiger partial charge in [-0.1, -0.05) is 0 Å². The van der Waals surface area contributed by atoms with Crippen molar-refractivity contribution in [1.29, 1.82) is 0 Å². The SMILES string of the molecule is CC1CN(S(=O)(=O)c2c[nH]c(C(=O)N3CCCC3)c2)CCN1.Cl. The molecule has 2 aliphatic rings. The molecule has 2 fully saturated rings. The van der Waals surface area contributed by atoms with Gasteiger partial charge in [-0.2, -0.15) is 4.31 Å². The lowest BCUT2D eigenvalue weighted by atomic mass is 10.3. The fraction of sp³-hybridized carbons (Fsp3) is 0.643. The molecule has 1 atom stereocenters. The van der Waals surface area contributed by atoms with Crippen molar-refractivity contribution in [1.82, 2.24) is 19.5 Å². The number of aromatic nitrogens is 1. The summed E-state index contributed by atoms with van der Waals surface area (Å²) in [6.45, 7) is 4.99. The average Bonchev–Trinajstić information content (AvgIpc) is 3.18. The van der Waals surface area contributed by atoms with Gasteiger partial charge in [-0.05, 0) is 25.8 Å². The number of hydrogen-bond donors (Lipinski definition) is 2. The van der Waals surface area contributed by atoms with Crippen molar-refractivity contribution >= 4 is 28.3 Å². The number of nitrogens with one attached hydrogen (secondary N) is 2. The molecule has 1 aromatic heterocycles. The van der Waals surface area contributed by atoms with E-state index >= 15 is 0 Å². The van der Waals surface area contributed by atoms with E-state index in [0.29, 0.717) is 25.3 Å². The van der Waals surface area contributed by atoms with E-state index in [1.807, 2.05) is 6.92 Å². The molecule has 2 aliphatic heterocycles. The van der Waals surface area contributed by atoms with E-state index < -0.39 is 10.0 Å². The maximum absolute atomic E-state index is 12.6. The Hall–Kier alpha value is -1.09. The Morgan fingerprint density at radius 1 is 1.26 bits per heavy atom. The number of aromatic amines is 1. The lowest BCUT2D eigenvalue weighted by Crippen LogP contribution is -2.51. The predicted octanol–water partition coefficient (Wildman–Crippen LogP) is 0.655. The number of likely N-dealkylation sites (tertiary alicyclic amines) is 1. The molecule has 0 spiro atoms. The second-order valence-corrected chi connectivity index (χ2v) is 7.90. The topological polar surface area (TPSA) is 85.5 Å². The molecule has 3 rings (SSSR count). The monoisotopic (exact) mass is 362 g/mol. The van der Waals surface area contributed by atoms with Crippen LogP contribution in [0.2, 0.25) is 0 Å². The quantitative estimate of drug-likeness (QED) is 0.827. The van der Waals surface area contributed by atoms with Gasteiger partial charge in [-0.3, -0.25) is 4.79 Å². The number of halogens is 1. The zero-order chi connectivity index (χ0) is 15.7. The van der Waals surface area contributed by atoms with Gasteiger partial charge in [-0.25, -0.2) is 8.42 Å². The summed E-state index contributed by atoms with van der Waals surface area (Å²) < 4.78 is 26.8. The third-order valence-electron chi connectivity index (χ3n) is 4.25. The molecule has 1 amide bonds. The van der Waals surface area contributed by atoms with Gasteiger partial charge in [0.15, 0.2) is 0 Å². The van der Waals surface area contributed by atoms with Gasteiger partial charge in [-0.15, -0.1) is 12.4 Å². The molecule has 0 bridgehead atoms. The van der Waals surface area contributed by atoms with Crippen LogP contribution < -0.4 is 5.32 Å². The van der Waals surface area contributed by atoms with Gasteiger partial charge >= 0.3 is 0 Å². The van der Waals surface area contributed by atoms with Gasteiger partial charge in [0.25, 0.3) is 5.91 Å². The highest BCUT2D eigenvalue weighted by Crippen LogP contribution is 2.20. The minimum atomic E-state index is -3.54. The van der Waals surface area contributed by atoms with Crippen LogP contribution in [0.1, 0.15) is 30.3 Å². The first-order chi connectivity index (χ1) is 10.5. The summed E-state index contributed by atoms with van der Waals surface area (Å²) in [6, 6.07) is 1.59. The molecule has 0 aliphatic carbocycles. The third kappa shape index (κ3) is 3.71. The highest BCUT2D eigenvalue weighted by molar-refractivity contribution is 7.89. The molecule has 23 heavy (non-hydrogen) atoms. The number of sulfonamides is 1. The van der Waals surface area contributed by atoms with Gasteiger partial charge in [0.2, 0.25) is 10.0 Å². The van der Waals surface area contributed by atoms with E-state index in [2.05, 4.69) is 10.3 Å². The van der Waals surface area contributed by atoms with E-state index in [9.17, 15) is 13.2 Å².